The Balaban J connectivity index is 2.63. The first-order valence-electron chi connectivity index (χ1n) is 21.4. The molecular weight excluding hydrogens is 923 g/mol. The van der Waals surface area contributed by atoms with Crippen molar-refractivity contribution in [3.8, 4) is 0 Å². The number of primary amides is 1. The fraction of sp³-hybridized carbons (Fsp3) is 0.711. The van der Waals surface area contributed by atoms with Crippen molar-refractivity contribution in [3.63, 3.8) is 0 Å². The molecule has 0 spiro atoms. The van der Waals surface area contributed by atoms with Gasteiger partial charge < -0.3 is 70.8 Å². The lowest BCUT2D eigenvalue weighted by atomic mass is 10.0. The van der Waals surface area contributed by atoms with Gasteiger partial charge in [0.05, 0.1) is 6.54 Å². The van der Waals surface area contributed by atoms with Crippen molar-refractivity contribution in [1.29, 1.82) is 0 Å². The van der Waals surface area contributed by atoms with Gasteiger partial charge in [0.15, 0.2) is 11.9 Å². The Kier molecular flexibility index (Phi) is 25.2. The van der Waals surface area contributed by atoms with E-state index < -0.39 is 113 Å². The smallest absolute Gasteiger partial charge is 0.245 e. The third-order valence-corrected chi connectivity index (χ3v) is 13.2. The molecule has 2 rings (SSSR count). The highest BCUT2D eigenvalue weighted by Crippen LogP contribution is 2.24. The molecule has 0 aromatic rings. The van der Waals surface area contributed by atoms with Crippen molar-refractivity contribution in [2.45, 2.75) is 114 Å². The summed E-state index contributed by atoms with van der Waals surface area (Å²) in [6, 6.07) is -8.61. The van der Waals surface area contributed by atoms with Crippen LogP contribution in [0.2, 0.25) is 0 Å². The van der Waals surface area contributed by atoms with Crippen LogP contribution in [0.1, 0.15) is 72.1 Å². The Morgan fingerprint density at radius 3 is 1.86 bits per heavy atom. The van der Waals surface area contributed by atoms with Crippen LogP contribution < -0.4 is 65.9 Å². The Hall–Kier alpha value is -5.38. The van der Waals surface area contributed by atoms with Gasteiger partial charge >= 0.3 is 0 Å². The summed E-state index contributed by atoms with van der Waals surface area (Å²) >= 11 is 0. The van der Waals surface area contributed by atoms with Crippen LogP contribution in [0, 0.1) is 5.92 Å². The van der Waals surface area contributed by atoms with Crippen LogP contribution in [0.15, 0.2) is 9.98 Å². The summed E-state index contributed by atoms with van der Waals surface area (Å²) in [5.41, 5.74) is 27.5. The third kappa shape index (κ3) is 21.3. The second-order valence-corrected chi connectivity index (χ2v) is 20.2. The first-order chi connectivity index (χ1) is 31.1. The highest BCUT2D eigenvalue weighted by molar-refractivity contribution is 8.76. The minimum Gasteiger partial charge on any atom is -0.370 e. The van der Waals surface area contributed by atoms with E-state index in [0.717, 1.165) is 21.6 Å². The zero-order valence-electron chi connectivity index (χ0n) is 37.8. The van der Waals surface area contributed by atoms with E-state index in [1.54, 1.807) is 13.8 Å². The maximum atomic E-state index is 14.3. The zero-order valence-corrected chi connectivity index (χ0v) is 40.2. The van der Waals surface area contributed by atoms with Crippen molar-refractivity contribution < 1.29 is 47.4 Å². The van der Waals surface area contributed by atoms with Gasteiger partial charge in [-0.25, -0.2) is 0 Å². The van der Waals surface area contributed by atoms with Gasteiger partial charge in [0, 0.05) is 60.9 Å². The normalized spacial score (nSPS) is 25.1. The monoisotopic (exact) mass is 989 g/mol. The topological polar surface area (TPSA) is 413 Å². The van der Waals surface area contributed by atoms with Crippen LogP contribution in [0.4, 0.5) is 0 Å². The Morgan fingerprint density at radius 1 is 0.758 bits per heavy atom. The van der Waals surface area contributed by atoms with Gasteiger partial charge in [0.2, 0.25) is 53.2 Å². The molecule has 28 heteroatoms. The van der Waals surface area contributed by atoms with Crippen molar-refractivity contribution in [2.24, 2.45) is 44.6 Å². The van der Waals surface area contributed by atoms with E-state index in [4.69, 9.17) is 28.7 Å². The molecular formula is C38H67N15O10S3. The SMILES string of the molecule is CC(=O)N[C@@H]1CSSC[C@@H](C(N)=O)NC(=O)CNC(=O)[C@H](CCCN=C(N)N)NC(=O)[C@H](CC(C)C)NC(=O)[C@H](CCCN=C(N)N)NC(=O)[C@@H]2CCCN2C(=O)[C@H](CCS(C)=O)NC1=O. The standard InChI is InChI=1S/C38H67N15O10S3/c1-20(2)16-25-33(59)49-22(8-5-12-44-37(40)41)31(57)46-17-29(55)48-26(30(39)56)18-64-65-19-27(47-21(3)54)34(60)51-24(11-15-66(4)63)36(62)53-14-7-10-28(53)35(61)50-23(32(58)52-25)9-6-13-45-38(42)43/h20,22-28H,5-19H2,1-4H3,(H2,39,56)(H,46,57)(H,47,54)(H,48,55)(H,49,59)(H,50,61)(H,51,60)(H,52,58)(H4,40,41,44)(H4,42,43,45)/t22-,23-,24-,25-,26-,27+,28-,66?/m0/s1. The minimum atomic E-state index is -1.39. The van der Waals surface area contributed by atoms with Gasteiger partial charge in [0.1, 0.15) is 42.3 Å². The molecule has 66 heavy (non-hydrogen) atoms. The Labute approximate surface area is 394 Å². The fourth-order valence-corrected chi connectivity index (χ4v) is 9.68. The number of carbonyl (C=O) groups excluding carboxylic acids is 9. The van der Waals surface area contributed by atoms with Crippen molar-refractivity contribution in [2.75, 3.05) is 49.7 Å². The fourth-order valence-electron chi connectivity index (χ4n) is 6.77. The summed E-state index contributed by atoms with van der Waals surface area (Å²) in [5.74, 6) is -7.44. The van der Waals surface area contributed by atoms with Crippen LogP contribution in [0.5, 0.6) is 0 Å². The van der Waals surface area contributed by atoms with E-state index in [0.29, 0.717) is 6.42 Å². The second kappa shape index (κ2) is 29.3. The molecule has 0 aromatic heterocycles. The summed E-state index contributed by atoms with van der Waals surface area (Å²) in [6.07, 6.45) is 2.40. The number of nitrogens with zero attached hydrogens (tertiary/aromatic N) is 3. The number of nitrogens with two attached hydrogens (primary N) is 5. The molecule has 0 bridgehead atoms. The molecule has 0 radical (unpaired) electrons. The predicted octanol–water partition coefficient (Wildman–Crippen LogP) is -5.18. The van der Waals surface area contributed by atoms with Crippen LogP contribution >= 0.6 is 21.6 Å². The Bertz CT molecular complexity index is 1820. The molecule has 2 aliphatic heterocycles. The number of rotatable bonds is 15. The number of fused-ring (bicyclic) bond motifs is 1. The highest BCUT2D eigenvalue weighted by atomic mass is 33.1. The van der Waals surface area contributed by atoms with Gasteiger partial charge in [-0.1, -0.05) is 35.4 Å². The maximum Gasteiger partial charge on any atom is 0.245 e. The van der Waals surface area contributed by atoms with Crippen molar-refractivity contribution >= 4 is 97.5 Å². The largest absolute Gasteiger partial charge is 0.370 e. The van der Waals surface area contributed by atoms with E-state index >= 15 is 0 Å². The number of amides is 9. The van der Waals surface area contributed by atoms with Crippen molar-refractivity contribution in [3.05, 3.63) is 0 Å². The molecule has 0 aliphatic carbocycles. The molecule has 1 unspecified atom stereocenters. The van der Waals surface area contributed by atoms with E-state index in [-0.39, 0.29) is 99.7 Å². The highest BCUT2D eigenvalue weighted by Gasteiger charge is 2.40. The van der Waals surface area contributed by atoms with Crippen LogP contribution in [0.3, 0.4) is 0 Å². The number of nitrogens with one attached hydrogen (secondary N) is 7. The molecule has 372 valence electrons. The number of aliphatic imine (C=N–C) groups is 2. The van der Waals surface area contributed by atoms with Gasteiger partial charge in [-0.15, -0.1) is 0 Å². The number of guanidine groups is 2. The lowest BCUT2D eigenvalue weighted by molar-refractivity contribution is -0.142. The molecule has 9 amide bonds. The van der Waals surface area contributed by atoms with Crippen molar-refractivity contribution in [1.82, 2.24) is 42.1 Å². The van der Waals surface area contributed by atoms with Crippen LogP contribution in [-0.2, 0) is 54.0 Å². The number of hydrogen-bond acceptors (Lipinski definition) is 14. The summed E-state index contributed by atoms with van der Waals surface area (Å²) in [6.45, 7) is 4.44. The van der Waals surface area contributed by atoms with E-state index in [1.807, 2.05) is 0 Å². The van der Waals surface area contributed by atoms with Gasteiger partial charge in [-0.3, -0.25) is 57.3 Å². The predicted molar refractivity (Wildman–Crippen MR) is 252 cm³/mol. The first-order valence-corrected chi connectivity index (χ1v) is 25.6. The van der Waals surface area contributed by atoms with Gasteiger partial charge in [0.25, 0.3) is 0 Å². The Morgan fingerprint density at radius 2 is 1.30 bits per heavy atom. The molecule has 0 aromatic carbocycles. The summed E-state index contributed by atoms with van der Waals surface area (Å²) in [4.78, 5) is 131. The van der Waals surface area contributed by atoms with E-state index in [1.165, 1.54) is 18.1 Å². The summed E-state index contributed by atoms with van der Waals surface area (Å²) in [5, 5.41) is 18.2. The number of hydrogen-bond donors (Lipinski definition) is 12. The third-order valence-electron chi connectivity index (χ3n) is 9.99. The molecule has 2 fully saturated rings. The first kappa shape index (κ1) is 56.7. The molecule has 0 saturated carbocycles. The van der Waals surface area contributed by atoms with E-state index in [2.05, 4.69) is 47.2 Å². The lowest BCUT2D eigenvalue weighted by Gasteiger charge is -2.31. The maximum absolute atomic E-state index is 14.3. The average molecular weight is 990 g/mol. The molecule has 2 aliphatic rings. The van der Waals surface area contributed by atoms with Crippen LogP contribution in [-0.4, -0.2) is 166 Å². The lowest BCUT2D eigenvalue weighted by Crippen LogP contribution is -2.60. The molecule has 2 heterocycles. The summed E-state index contributed by atoms with van der Waals surface area (Å²) < 4.78 is 12.2. The molecule has 25 nitrogen and oxygen atoms in total. The quantitative estimate of drug-likeness (QED) is 0.0316. The van der Waals surface area contributed by atoms with Crippen LogP contribution in [0.25, 0.3) is 0 Å². The van der Waals surface area contributed by atoms with Gasteiger partial charge in [-0.05, 0) is 57.3 Å². The molecule has 17 N–H and O–H groups in total. The van der Waals surface area contributed by atoms with E-state index in [9.17, 15) is 47.4 Å². The zero-order chi connectivity index (χ0) is 49.5. The number of carbonyl (C=O) groups is 9. The average Bonchev–Trinajstić information content (AvgIpc) is 3.73. The van der Waals surface area contributed by atoms with Gasteiger partial charge in [-0.2, -0.15) is 0 Å². The molecule has 8 atom stereocenters. The molecule has 2 saturated heterocycles. The second-order valence-electron chi connectivity index (χ2n) is 16.1. The minimum absolute atomic E-state index is 0.00255. The summed E-state index contributed by atoms with van der Waals surface area (Å²) in [7, 11) is 0.699.